The molecule has 0 aliphatic carbocycles. The molecule has 2 fully saturated rings. The highest BCUT2D eigenvalue weighted by Crippen LogP contribution is 2.25. The van der Waals surface area contributed by atoms with Crippen molar-refractivity contribution in [3.05, 3.63) is 0 Å². The molecular weight excluding hydrogens is 198 g/mol. The highest BCUT2D eigenvalue weighted by molar-refractivity contribution is 8.00. The lowest BCUT2D eigenvalue weighted by Gasteiger charge is -2.24. The first-order valence-corrected chi connectivity index (χ1v) is 6.44. The largest absolute Gasteiger partial charge is 0.376 e. The van der Waals surface area contributed by atoms with Crippen LogP contribution in [0.2, 0.25) is 0 Å². The molecule has 3 unspecified atom stereocenters. The number of hydrogen-bond acceptors (Lipinski definition) is 4. The van der Waals surface area contributed by atoms with E-state index in [-0.39, 0.29) is 6.10 Å². The standard InChI is InChI=1S/C10H19NO2S/c1-8-4-9(7-14-8)11-5-10-6-12-2-3-13-10/h8-11H,2-7H2,1H3. The summed E-state index contributed by atoms with van der Waals surface area (Å²) in [5.74, 6) is 1.24. The maximum atomic E-state index is 5.57. The van der Waals surface area contributed by atoms with E-state index in [4.69, 9.17) is 9.47 Å². The Morgan fingerprint density at radius 2 is 2.36 bits per heavy atom. The summed E-state index contributed by atoms with van der Waals surface area (Å²) in [6, 6.07) is 0.681. The summed E-state index contributed by atoms with van der Waals surface area (Å²) in [6.45, 7) is 5.50. The molecule has 3 atom stereocenters. The smallest absolute Gasteiger partial charge is 0.0933 e. The van der Waals surface area contributed by atoms with Crippen molar-refractivity contribution in [3.8, 4) is 0 Å². The van der Waals surface area contributed by atoms with Crippen LogP contribution in [-0.4, -0.2) is 49.5 Å². The van der Waals surface area contributed by atoms with Gasteiger partial charge in [-0.3, -0.25) is 0 Å². The molecule has 2 aliphatic heterocycles. The van der Waals surface area contributed by atoms with Crippen LogP contribution >= 0.6 is 11.8 Å². The van der Waals surface area contributed by atoms with E-state index in [2.05, 4.69) is 24.0 Å². The summed E-state index contributed by atoms with van der Waals surface area (Å²) in [4.78, 5) is 0. The molecule has 0 aromatic rings. The average molecular weight is 217 g/mol. The van der Waals surface area contributed by atoms with E-state index in [0.717, 1.165) is 31.6 Å². The summed E-state index contributed by atoms with van der Waals surface area (Å²) >= 11 is 2.06. The molecule has 2 aliphatic rings. The molecule has 4 heteroatoms. The minimum atomic E-state index is 0.268. The molecule has 0 amide bonds. The lowest BCUT2D eigenvalue weighted by Crippen LogP contribution is -2.41. The van der Waals surface area contributed by atoms with Crippen molar-refractivity contribution in [2.75, 3.05) is 32.1 Å². The molecule has 2 rings (SSSR count). The predicted octanol–water partition coefficient (Wildman–Crippen LogP) is 0.885. The molecule has 0 aromatic carbocycles. The van der Waals surface area contributed by atoms with Crippen LogP contribution in [0.3, 0.4) is 0 Å². The number of thioether (sulfide) groups is 1. The third-order valence-corrected chi connectivity index (χ3v) is 4.07. The van der Waals surface area contributed by atoms with Crippen LogP contribution < -0.4 is 5.32 Å². The third-order valence-electron chi connectivity index (χ3n) is 2.72. The third kappa shape index (κ3) is 3.12. The molecule has 0 saturated carbocycles. The summed E-state index contributed by atoms with van der Waals surface area (Å²) in [5, 5.41) is 4.37. The van der Waals surface area contributed by atoms with E-state index in [9.17, 15) is 0 Å². The Bertz CT molecular complexity index is 169. The molecule has 0 radical (unpaired) electrons. The normalized spacial score (nSPS) is 38.8. The number of rotatable bonds is 3. The second-order valence-electron chi connectivity index (χ2n) is 4.05. The van der Waals surface area contributed by atoms with Crippen molar-refractivity contribution in [3.63, 3.8) is 0 Å². The van der Waals surface area contributed by atoms with E-state index in [1.807, 2.05) is 0 Å². The Labute approximate surface area is 89.9 Å². The molecule has 2 saturated heterocycles. The van der Waals surface area contributed by atoms with Gasteiger partial charge in [-0.1, -0.05) is 6.92 Å². The Hall–Kier alpha value is 0.230. The zero-order chi connectivity index (χ0) is 9.80. The first-order chi connectivity index (χ1) is 6.84. The second kappa shape index (κ2) is 5.35. The SMILES string of the molecule is CC1CC(NCC2COCCO2)CS1. The van der Waals surface area contributed by atoms with Crippen LogP contribution in [0, 0.1) is 0 Å². The topological polar surface area (TPSA) is 30.5 Å². The lowest BCUT2D eigenvalue weighted by atomic mass is 10.2. The zero-order valence-corrected chi connectivity index (χ0v) is 9.52. The Morgan fingerprint density at radius 3 is 3.00 bits per heavy atom. The fourth-order valence-corrected chi connectivity index (χ4v) is 3.10. The monoisotopic (exact) mass is 217 g/mol. The van der Waals surface area contributed by atoms with Gasteiger partial charge in [-0.25, -0.2) is 0 Å². The van der Waals surface area contributed by atoms with E-state index in [1.54, 1.807) is 0 Å². The Morgan fingerprint density at radius 1 is 1.43 bits per heavy atom. The molecule has 82 valence electrons. The first-order valence-electron chi connectivity index (χ1n) is 5.39. The van der Waals surface area contributed by atoms with Crippen LogP contribution in [0.4, 0.5) is 0 Å². The summed E-state index contributed by atoms with van der Waals surface area (Å²) in [5.41, 5.74) is 0. The zero-order valence-electron chi connectivity index (χ0n) is 8.70. The summed E-state index contributed by atoms with van der Waals surface area (Å²) in [6.07, 6.45) is 1.56. The highest BCUT2D eigenvalue weighted by atomic mass is 32.2. The average Bonchev–Trinajstić information content (AvgIpc) is 2.63. The number of ether oxygens (including phenoxy) is 2. The van der Waals surface area contributed by atoms with E-state index in [0.29, 0.717) is 6.04 Å². The van der Waals surface area contributed by atoms with E-state index < -0.39 is 0 Å². The second-order valence-corrected chi connectivity index (χ2v) is 5.52. The molecule has 1 N–H and O–H groups in total. The van der Waals surface area contributed by atoms with Crippen molar-refractivity contribution in [1.82, 2.24) is 5.32 Å². The van der Waals surface area contributed by atoms with Gasteiger partial charge in [0.2, 0.25) is 0 Å². The fraction of sp³-hybridized carbons (Fsp3) is 1.00. The van der Waals surface area contributed by atoms with Gasteiger partial charge < -0.3 is 14.8 Å². The van der Waals surface area contributed by atoms with Gasteiger partial charge in [0.1, 0.15) is 0 Å². The van der Waals surface area contributed by atoms with Crippen molar-refractivity contribution < 1.29 is 9.47 Å². The van der Waals surface area contributed by atoms with Crippen molar-refractivity contribution in [2.24, 2.45) is 0 Å². The van der Waals surface area contributed by atoms with Crippen molar-refractivity contribution >= 4 is 11.8 Å². The van der Waals surface area contributed by atoms with Gasteiger partial charge in [-0.05, 0) is 6.42 Å². The summed E-state index contributed by atoms with van der Waals surface area (Å²) < 4.78 is 10.9. The van der Waals surface area contributed by atoms with Gasteiger partial charge in [-0.2, -0.15) is 11.8 Å². The first kappa shape index (κ1) is 10.7. The van der Waals surface area contributed by atoms with Crippen LogP contribution in [0.25, 0.3) is 0 Å². The number of nitrogens with one attached hydrogen (secondary N) is 1. The molecule has 2 heterocycles. The minimum absolute atomic E-state index is 0.268. The van der Waals surface area contributed by atoms with Crippen LogP contribution in [0.1, 0.15) is 13.3 Å². The highest BCUT2D eigenvalue weighted by Gasteiger charge is 2.23. The summed E-state index contributed by atoms with van der Waals surface area (Å²) in [7, 11) is 0. The van der Waals surface area contributed by atoms with Crippen LogP contribution in [-0.2, 0) is 9.47 Å². The molecule has 0 spiro atoms. The van der Waals surface area contributed by atoms with Gasteiger partial charge in [0.05, 0.1) is 25.9 Å². The van der Waals surface area contributed by atoms with Gasteiger partial charge in [-0.15, -0.1) is 0 Å². The van der Waals surface area contributed by atoms with Crippen LogP contribution in [0.15, 0.2) is 0 Å². The van der Waals surface area contributed by atoms with E-state index >= 15 is 0 Å². The number of hydrogen-bond donors (Lipinski definition) is 1. The fourth-order valence-electron chi connectivity index (χ4n) is 1.91. The quantitative estimate of drug-likeness (QED) is 0.760. The lowest BCUT2D eigenvalue weighted by molar-refractivity contribution is -0.0869. The van der Waals surface area contributed by atoms with Crippen molar-refractivity contribution in [2.45, 2.75) is 30.7 Å². The molecule has 0 aromatic heterocycles. The molecule has 14 heavy (non-hydrogen) atoms. The maximum absolute atomic E-state index is 5.57. The molecular formula is C10H19NO2S. The Balaban J connectivity index is 1.61. The van der Waals surface area contributed by atoms with Crippen LogP contribution in [0.5, 0.6) is 0 Å². The van der Waals surface area contributed by atoms with Gasteiger partial charge >= 0.3 is 0 Å². The minimum Gasteiger partial charge on any atom is -0.376 e. The molecule has 3 nitrogen and oxygen atoms in total. The van der Waals surface area contributed by atoms with Gasteiger partial charge in [0.15, 0.2) is 0 Å². The van der Waals surface area contributed by atoms with Gasteiger partial charge in [0, 0.05) is 23.6 Å². The van der Waals surface area contributed by atoms with Gasteiger partial charge in [0.25, 0.3) is 0 Å². The molecule has 0 bridgehead atoms. The Kier molecular flexibility index (Phi) is 4.10. The van der Waals surface area contributed by atoms with Crippen molar-refractivity contribution in [1.29, 1.82) is 0 Å². The van der Waals surface area contributed by atoms with E-state index in [1.165, 1.54) is 12.2 Å². The maximum Gasteiger partial charge on any atom is 0.0933 e. The predicted molar refractivity (Wildman–Crippen MR) is 58.9 cm³/mol.